The van der Waals surface area contributed by atoms with Gasteiger partial charge in [-0.3, -0.25) is 4.79 Å². The molecule has 0 aliphatic rings. The van der Waals surface area contributed by atoms with E-state index >= 15 is 0 Å². The molecule has 24 heavy (non-hydrogen) atoms. The summed E-state index contributed by atoms with van der Waals surface area (Å²) in [6.45, 7) is 2.00. The summed E-state index contributed by atoms with van der Waals surface area (Å²) in [5, 5.41) is 2.94. The maximum atomic E-state index is 12.5. The summed E-state index contributed by atoms with van der Waals surface area (Å²) in [5.41, 5.74) is 4.85. The molecule has 0 heterocycles. The van der Waals surface area contributed by atoms with Gasteiger partial charge in [-0.05, 0) is 41.3 Å². The van der Waals surface area contributed by atoms with E-state index in [1.807, 2.05) is 91.9 Å². The molecule has 0 spiro atoms. The fourth-order valence-electron chi connectivity index (χ4n) is 2.60. The van der Waals surface area contributed by atoms with Gasteiger partial charge >= 0.3 is 0 Å². The Bertz CT molecular complexity index is 810. The van der Waals surface area contributed by atoms with Crippen molar-refractivity contribution in [2.45, 2.75) is 6.92 Å². The van der Waals surface area contributed by atoms with Crippen molar-refractivity contribution in [1.29, 1.82) is 0 Å². The second kappa shape index (κ2) is 7.42. The molecule has 0 saturated heterocycles. The molecule has 118 valence electrons. The number of anilines is 1. The molecular weight excluding hydrogens is 294 g/mol. The summed E-state index contributed by atoms with van der Waals surface area (Å²) in [5.74, 6) is -0.136. The highest BCUT2D eigenvalue weighted by Gasteiger charge is 2.07. The van der Waals surface area contributed by atoms with Crippen molar-refractivity contribution in [3.63, 3.8) is 0 Å². The van der Waals surface area contributed by atoms with Gasteiger partial charge in [0, 0.05) is 11.8 Å². The molecule has 3 aromatic carbocycles. The van der Waals surface area contributed by atoms with E-state index in [9.17, 15) is 4.79 Å². The minimum absolute atomic E-state index is 0.136. The van der Waals surface area contributed by atoms with E-state index in [0.29, 0.717) is 0 Å². The molecule has 0 unspecified atom stereocenters. The quantitative estimate of drug-likeness (QED) is 0.670. The van der Waals surface area contributed by atoms with Crippen LogP contribution in [0.3, 0.4) is 0 Å². The minimum Gasteiger partial charge on any atom is -0.322 e. The average molecular weight is 313 g/mol. The first-order valence-corrected chi connectivity index (χ1v) is 7.92. The Balaban J connectivity index is 1.93. The van der Waals surface area contributed by atoms with E-state index in [2.05, 4.69) is 5.32 Å². The zero-order valence-electron chi connectivity index (χ0n) is 13.6. The van der Waals surface area contributed by atoms with Gasteiger partial charge in [0.1, 0.15) is 0 Å². The summed E-state index contributed by atoms with van der Waals surface area (Å²) >= 11 is 0. The van der Waals surface area contributed by atoms with Gasteiger partial charge in [0.15, 0.2) is 0 Å². The van der Waals surface area contributed by atoms with Crippen LogP contribution in [0.2, 0.25) is 0 Å². The predicted octanol–water partition coefficient (Wildman–Crippen LogP) is 5.07. The molecule has 3 rings (SSSR count). The first-order valence-electron chi connectivity index (χ1n) is 7.92. The number of aryl methyl sites for hydroxylation is 1. The van der Waals surface area contributed by atoms with Crippen LogP contribution in [0.1, 0.15) is 16.7 Å². The number of nitrogens with one attached hydrogen (secondary N) is 1. The van der Waals surface area contributed by atoms with Crippen LogP contribution >= 0.6 is 0 Å². The molecule has 0 radical (unpaired) electrons. The van der Waals surface area contributed by atoms with Crippen molar-refractivity contribution in [1.82, 2.24) is 0 Å². The number of carbonyl (C=O) groups is 1. The molecule has 0 aliphatic heterocycles. The van der Waals surface area contributed by atoms with Gasteiger partial charge in [-0.15, -0.1) is 0 Å². The number of carbonyl (C=O) groups excluding carboxylic acids is 1. The smallest absolute Gasteiger partial charge is 0.249 e. The standard InChI is InChI=1S/C22H19NO/c1-17-9-8-14-20(15-17)23-22(24)16-21(18-10-4-2-5-11-18)19-12-6-3-7-13-19/h2-16H,1H3,(H,23,24). The molecule has 0 fully saturated rings. The number of hydrogen-bond acceptors (Lipinski definition) is 1. The minimum atomic E-state index is -0.136. The van der Waals surface area contributed by atoms with Crippen LogP contribution in [-0.4, -0.2) is 5.91 Å². The zero-order chi connectivity index (χ0) is 16.8. The first kappa shape index (κ1) is 15.8. The van der Waals surface area contributed by atoms with E-state index in [1.54, 1.807) is 6.08 Å². The van der Waals surface area contributed by atoms with Crippen LogP contribution in [0.25, 0.3) is 5.57 Å². The summed E-state index contributed by atoms with van der Waals surface area (Å²) in [6.07, 6.45) is 1.66. The molecule has 3 aromatic rings. The lowest BCUT2D eigenvalue weighted by atomic mass is 9.97. The van der Waals surface area contributed by atoms with Gasteiger partial charge in [0.2, 0.25) is 5.91 Å². The van der Waals surface area contributed by atoms with Gasteiger partial charge in [-0.25, -0.2) is 0 Å². The Morgan fingerprint density at radius 3 is 1.92 bits per heavy atom. The number of amides is 1. The Morgan fingerprint density at radius 1 is 0.792 bits per heavy atom. The molecule has 0 saturated carbocycles. The fourth-order valence-corrected chi connectivity index (χ4v) is 2.60. The molecule has 2 heteroatoms. The Morgan fingerprint density at radius 2 is 1.38 bits per heavy atom. The molecule has 0 aliphatic carbocycles. The number of rotatable bonds is 4. The van der Waals surface area contributed by atoms with Crippen LogP contribution in [-0.2, 0) is 4.79 Å². The maximum Gasteiger partial charge on any atom is 0.249 e. The van der Waals surface area contributed by atoms with Gasteiger partial charge in [-0.2, -0.15) is 0 Å². The topological polar surface area (TPSA) is 29.1 Å². The predicted molar refractivity (Wildman–Crippen MR) is 99.8 cm³/mol. The van der Waals surface area contributed by atoms with E-state index < -0.39 is 0 Å². The molecule has 0 bridgehead atoms. The third-order valence-electron chi connectivity index (χ3n) is 3.73. The van der Waals surface area contributed by atoms with Crippen molar-refractivity contribution >= 4 is 17.2 Å². The Kier molecular flexibility index (Phi) is 4.87. The van der Waals surface area contributed by atoms with Crippen molar-refractivity contribution in [2.75, 3.05) is 5.32 Å². The van der Waals surface area contributed by atoms with E-state index in [-0.39, 0.29) is 5.91 Å². The van der Waals surface area contributed by atoms with Crippen molar-refractivity contribution in [2.24, 2.45) is 0 Å². The molecular formula is C22H19NO. The summed E-state index contributed by atoms with van der Waals surface area (Å²) in [6, 6.07) is 27.7. The van der Waals surface area contributed by atoms with Crippen LogP contribution in [0.5, 0.6) is 0 Å². The first-order chi connectivity index (χ1) is 11.7. The Labute approximate surface area is 142 Å². The SMILES string of the molecule is Cc1cccc(NC(=O)C=C(c2ccccc2)c2ccccc2)c1. The van der Waals surface area contributed by atoms with Crippen molar-refractivity contribution in [3.8, 4) is 0 Å². The normalized spacial score (nSPS) is 10.0. The summed E-state index contributed by atoms with van der Waals surface area (Å²) in [7, 11) is 0. The number of hydrogen-bond donors (Lipinski definition) is 1. The zero-order valence-corrected chi connectivity index (χ0v) is 13.6. The van der Waals surface area contributed by atoms with Crippen molar-refractivity contribution in [3.05, 3.63) is 108 Å². The highest BCUT2D eigenvalue weighted by molar-refractivity contribution is 6.06. The number of benzene rings is 3. The average Bonchev–Trinajstić information content (AvgIpc) is 2.61. The van der Waals surface area contributed by atoms with Crippen LogP contribution in [0, 0.1) is 6.92 Å². The van der Waals surface area contributed by atoms with E-state index in [1.165, 1.54) is 0 Å². The van der Waals surface area contributed by atoms with Crippen LogP contribution < -0.4 is 5.32 Å². The molecule has 0 atom stereocenters. The van der Waals surface area contributed by atoms with Crippen molar-refractivity contribution < 1.29 is 4.79 Å². The molecule has 1 N–H and O–H groups in total. The lowest BCUT2D eigenvalue weighted by molar-refractivity contribution is -0.111. The second-order valence-corrected chi connectivity index (χ2v) is 5.65. The molecule has 1 amide bonds. The second-order valence-electron chi connectivity index (χ2n) is 5.65. The summed E-state index contributed by atoms with van der Waals surface area (Å²) in [4.78, 5) is 12.5. The Hall–Kier alpha value is -3.13. The van der Waals surface area contributed by atoms with Gasteiger partial charge in [0.25, 0.3) is 0 Å². The lowest BCUT2D eigenvalue weighted by Gasteiger charge is -2.09. The highest BCUT2D eigenvalue weighted by atomic mass is 16.1. The third kappa shape index (κ3) is 3.99. The third-order valence-corrected chi connectivity index (χ3v) is 3.73. The van der Waals surface area contributed by atoms with Crippen LogP contribution in [0.15, 0.2) is 91.0 Å². The fraction of sp³-hybridized carbons (Fsp3) is 0.0455. The summed E-state index contributed by atoms with van der Waals surface area (Å²) < 4.78 is 0. The van der Waals surface area contributed by atoms with E-state index in [0.717, 1.165) is 28.0 Å². The molecule has 0 aromatic heterocycles. The van der Waals surface area contributed by atoms with Gasteiger partial charge < -0.3 is 5.32 Å². The largest absolute Gasteiger partial charge is 0.322 e. The maximum absolute atomic E-state index is 12.5. The lowest BCUT2D eigenvalue weighted by Crippen LogP contribution is -2.09. The monoisotopic (exact) mass is 313 g/mol. The van der Waals surface area contributed by atoms with Gasteiger partial charge in [-0.1, -0.05) is 72.8 Å². The van der Waals surface area contributed by atoms with Gasteiger partial charge in [0.05, 0.1) is 0 Å². The molecule has 2 nitrogen and oxygen atoms in total. The highest BCUT2D eigenvalue weighted by Crippen LogP contribution is 2.23. The van der Waals surface area contributed by atoms with E-state index in [4.69, 9.17) is 0 Å². The van der Waals surface area contributed by atoms with Crippen LogP contribution in [0.4, 0.5) is 5.69 Å².